The molecule has 0 nitrogen and oxygen atoms in total. The van der Waals surface area contributed by atoms with Gasteiger partial charge in [0.05, 0.1) is 0 Å². The molecule has 0 aliphatic heterocycles. The van der Waals surface area contributed by atoms with Crippen LogP contribution in [0, 0.1) is 6.07 Å². The number of hydrogen-bond acceptors (Lipinski definition) is 0. The molecule has 0 atom stereocenters. The van der Waals surface area contributed by atoms with Gasteiger partial charge in [-0.1, -0.05) is 61.6 Å². The highest BCUT2D eigenvalue weighted by molar-refractivity contribution is 7.19. The van der Waals surface area contributed by atoms with Crippen LogP contribution in [0.2, 0.25) is 19.1 Å². The van der Waals surface area contributed by atoms with Crippen molar-refractivity contribution in [2.75, 3.05) is 0 Å². The van der Waals surface area contributed by atoms with Crippen molar-refractivity contribution in [1.82, 2.24) is 0 Å². The summed E-state index contributed by atoms with van der Waals surface area (Å²) in [5.74, 6) is 0. The Balaban J connectivity index is 2.03. The third-order valence-electron chi connectivity index (χ3n) is 3.17. The Morgan fingerprint density at radius 3 is 2.47 bits per heavy atom. The van der Waals surface area contributed by atoms with Crippen molar-refractivity contribution in [3.05, 3.63) is 71.3 Å². The molecule has 19 heavy (non-hydrogen) atoms. The summed E-state index contributed by atoms with van der Waals surface area (Å²) in [6.07, 6.45) is 2.04. The normalized spacial score (nSPS) is 11.5. The van der Waals surface area contributed by atoms with Gasteiger partial charge in [-0.15, -0.1) is 0 Å². The van der Waals surface area contributed by atoms with Crippen molar-refractivity contribution in [3.63, 3.8) is 0 Å². The van der Waals surface area contributed by atoms with E-state index in [2.05, 4.69) is 61.6 Å². The van der Waals surface area contributed by atoms with Crippen LogP contribution in [0.25, 0.3) is 0 Å². The number of hydrogen-bond donors (Lipinski definition) is 0. The summed E-state index contributed by atoms with van der Waals surface area (Å²) in [6.45, 7) is 4.41. The van der Waals surface area contributed by atoms with Gasteiger partial charge >= 0.3 is 0 Å². The molecule has 99 valence electrons. The third-order valence-corrected chi connectivity index (χ3v) is 5.18. The zero-order valence-corrected chi connectivity index (χ0v) is 13.4. The van der Waals surface area contributed by atoms with Gasteiger partial charge in [-0.25, -0.2) is 0 Å². The Morgan fingerprint density at radius 2 is 1.79 bits per heavy atom. The van der Waals surface area contributed by atoms with Crippen LogP contribution in [-0.4, -0.2) is 7.38 Å². The highest BCUT2D eigenvalue weighted by Crippen LogP contribution is 2.19. The fraction of sp³-hybridized carbons (Fsp3) is 0.294. The molecule has 2 rings (SSSR count). The first-order chi connectivity index (χ1) is 9.03. The molecule has 0 spiro atoms. The van der Waals surface area contributed by atoms with Crippen molar-refractivity contribution >= 4 is 18.5 Å². The second-order valence-corrected chi connectivity index (χ2v) is 12.6. The van der Waals surface area contributed by atoms with E-state index in [4.69, 9.17) is 11.1 Å². The Hall–Kier alpha value is -1.05. The SMILES string of the molecule is C[Si](C)(Cl)CCc1cc[c]c(Cc2ccccc2)c1. The van der Waals surface area contributed by atoms with Crippen molar-refractivity contribution in [3.8, 4) is 0 Å². The van der Waals surface area contributed by atoms with Gasteiger partial charge in [0, 0.05) is 0 Å². The van der Waals surface area contributed by atoms with E-state index in [9.17, 15) is 0 Å². The van der Waals surface area contributed by atoms with Crippen molar-refractivity contribution in [1.29, 1.82) is 0 Å². The second-order valence-electron chi connectivity index (χ2n) is 5.60. The summed E-state index contributed by atoms with van der Waals surface area (Å²) in [5.41, 5.74) is 3.98. The molecule has 0 saturated heterocycles. The Bertz CT molecular complexity index is 514. The summed E-state index contributed by atoms with van der Waals surface area (Å²) in [7, 11) is -1.47. The van der Waals surface area contributed by atoms with Gasteiger partial charge < -0.3 is 0 Å². The van der Waals surface area contributed by atoms with Gasteiger partial charge in [0.1, 0.15) is 0 Å². The second kappa shape index (κ2) is 6.40. The van der Waals surface area contributed by atoms with Gasteiger partial charge in [0.15, 0.2) is 7.38 Å². The van der Waals surface area contributed by atoms with Gasteiger partial charge in [0.25, 0.3) is 0 Å². The molecule has 0 fully saturated rings. The topological polar surface area (TPSA) is 0 Å². The number of rotatable bonds is 5. The first-order valence-corrected chi connectivity index (χ1v) is 11.0. The third kappa shape index (κ3) is 5.21. The van der Waals surface area contributed by atoms with Crippen LogP contribution in [0.4, 0.5) is 0 Å². The van der Waals surface area contributed by atoms with E-state index in [-0.39, 0.29) is 0 Å². The molecule has 0 unspecified atom stereocenters. The molecule has 0 aromatic heterocycles. The monoisotopic (exact) mass is 287 g/mol. The fourth-order valence-corrected chi connectivity index (χ4v) is 3.25. The molecular weight excluding hydrogens is 268 g/mol. The Labute approximate surface area is 122 Å². The highest BCUT2D eigenvalue weighted by atomic mass is 35.6. The highest BCUT2D eigenvalue weighted by Gasteiger charge is 2.16. The number of halogens is 1. The predicted molar refractivity (Wildman–Crippen MR) is 86.4 cm³/mol. The van der Waals surface area contributed by atoms with E-state index < -0.39 is 7.38 Å². The number of benzene rings is 2. The molecule has 2 aromatic carbocycles. The zero-order valence-electron chi connectivity index (χ0n) is 11.6. The lowest BCUT2D eigenvalue weighted by Gasteiger charge is -2.12. The van der Waals surface area contributed by atoms with Crippen LogP contribution in [-0.2, 0) is 12.8 Å². The van der Waals surface area contributed by atoms with Gasteiger partial charge in [0.2, 0.25) is 0 Å². The van der Waals surface area contributed by atoms with E-state index in [1.165, 1.54) is 16.7 Å². The maximum absolute atomic E-state index is 6.38. The molecule has 0 aliphatic carbocycles. The summed E-state index contributed by atoms with van der Waals surface area (Å²) < 4.78 is 0. The van der Waals surface area contributed by atoms with Crippen LogP contribution in [0.3, 0.4) is 0 Å². The van der Waals surface area contributed by atoms with Crippen LogP contribution in [0.5, 0.6) is 0 Å². The lowest BCUT2D eigenvalue weighted by molar-refractivity contribution is 1.08. The van der Waals surface area contributed by atoms with E-state index in [0.29, 0.717) is 0 Å². The molecule has 1 radical (unpaired) electrons. The summed E-state index contributed by atoms with van der Waals surface area (Å²) in [6, 6.07) is 21.5. The largest absolute Gasteiger partial charge is 0.168 e. The summed E-state index contributed by atoms with van der Waals surface area (Å²) in [4.78, 5) is 0. The predicted octanol–water partition coefficient (Wildman–Crippen LogP) is 5.06. The minimum atomic E-state index is -1.47. The first-order valence-electron chi connectivity index (χ1n) is 6.75. The zero-order chi connectivity index (χ0) is 13.7. The van der Waals surface area contributed by atoms with E-state index in [1.54, 1.807) is 0 Å². The molecular formula is C17H20ClSi. The molecule has 0 N–H and O–H groups in total. The van der Waals surface area contributed by atoms with Gasteiger partial charge in [-0.2, -0.15) is 11.1 Å². The number of aryl methyl sites for hydroxylation is 1. The molecule has 2 heteroatoms. The summed E-state index contributed by atoms with van der Waals surface area (Å²) in [5, 5.41) is 0. The lowest BCUT2D eigenvalue weighted by Crippen LogP contribution is -2.16. The smallest absolute Gasteiger partial charge is 0.150 e. The average molecular weight is 288 g/mol. The fourth-order valence-electron chi connectivity index (χ4n) is 2.08. The molecule has 0 saturated carbocycles. The van der Waals surface area contributed by atoms with E-state index >= 15 is 0 Å². The summed E-state index contributed by atoms with van der Waals surface area (Å²) >= 11 is 6.38. The Kier molecular flexibility index (Phi) is 4.84. The lowest BCUT2D eigenvalue weighted by atomic mass is 10.0. The van der Waals surface area contributed by atoms with E-state index in [0.717, 1.165) is 18.9 Å². The standard InChI is InChI=1S/C17H20ClSi/c1-19(2,18)12-11-16-9-6-10-17(14-16)13-15-7-4-3-5-8-15/h3-9,14H,11-13H2,1-2H3. The first kappa shape index (κ1) is 14.4. The van der Waals surface area contributed by atoms with Gasteiger partial charge in [-0.05, 0) is 41.6 Å². The molecule has 0 heterocycles. The van der Waals surface area contributed by atoms with Crippen molar-refractivity contribution < 1.29 is 0 Å². The van der Waals surface area contributed by atoms with Crippen LogP contribution < -0.4 is 0 Å². The van der Waals surface area contributed by atoms with Crippen LogP contribution in [0.1, 0.15) is 16.7 Å². The van der Waals surface area contributed by atoms with Crippen LogP contribution >= 0.6 is 11.1 Å². The molecule has 0 amide bonds. The minimum Gasteiger partial charge on any atom is -0.168 e. The quantitative estimate of drug-likeness (QED) is 0.532. The Morgan fingerprint density at radius 1 is 1.05 bits per heavy atom. The van der Waals surface area contributed by atoms with E-state index in [1.807, 2.05) is 6.07 Å². The molecule has 0 bridgehead atoms. The average Bonchev–Trinajstić information content (AvgIpc) is 2.37. The molecule has 2 aromatic rings. The van der Waals surface area contributed by atoms with Crippen molar-refractivity contribution in [2.24, 2.45) is 0 Å². The maximum atomic E-state index is 6.38. The van der Waals surface area contributed by atoms with Gasteiger partial charge in [-0.3, -0.25) is 0 Å². The molecule has 0 aliphatic rings. The minimum absolute atomic E-state index is 0.955. The van der Waals surface area contributed by atoms with Crippen molar-refractivity contribution in [2.45, 2.75) is 32.0 Å². The maximum Gasteiger partial charge on any atom is 0.150 e. The van der Waals surface area contributed by atoms with Crippen LogP contribution in [0.15, 0.2) is 48.5 Å².